The van der Waals surface area contributed by atoms with Gasteiger partial charge in [0, 0.05) is 45.4 Å². The van der Waals surface area contributed by atoms with Crippen LogP contribution in [0.15, 0.2) is 36.4 Å². The minimum atomic E-state index is -1.02. The fraction of sp³-hybridized carbons (Fsp3) is 0.500. The molecule has 2 aromatic carbocycles. The van der Waals surface area contributed by atoms with E-state index in [4.69, 9.17) is 11.1 Å². The summed E-state index contributed by atoms with van der Waals surface area (Å²) in [6, 6.07) is 13.1. The highest BCUT2D eigenvalue weighted by Crippen LogP contribution is 2.53. The van der Waals surface area contributed by atoms with Gasteiger partial charge in [-0.1, -0.05) is 32.9 Å². The first-order valence-electron chi connectivity index (χ1n) is 15.7. The molecule has 1 saturated heterocycles. The Morgan fingerprint density at radius 2 is 1.50 bits per heavy atom. The average Bonchev–Trinajstić information content (AvgIpc) is 3.49. The number of rotatable bonds is 8. The molecular formula is C34H49N9O3. The number of amidine groups is 1. The molecule has 12 nitrogen and oxygen atoms in total. The monoisotopic (exact) mass is 631 g/mol. The quantitative estimate of drug-likeness (QED) is 0.0955. The molecule has 3 unspecified atom stereocenters. The van der Waals surface area contributed by atoms with Crippen molar-refractivity contribution in [2.45, 2.75) is 57.5 Å². The van der Waals surface area contributed by atoms with Gasteiger partial charge < -0.3 is 25.8 Å². The van der Waals surface area contributed by atoms with Crippen molar-refractivity contribution >= 4 is 23.6 Å². The van der Waals surface area contributed by atoms with Crippen LogP contribution in [0.2, 0.25) is 0 Å². The zero-order valence-corrected chi connectivity index (χ0v) is 28.1. The Labute approximate surface area is 272 Å². The molecule has 248 valence electrons. The van der Waals surface area contributed by atoms with E-state index >= 15 is 0 Å². The molecule has 46 heavy (non-hydrogen) atoms. The van der Waals surface area contributed by atoms with Crippen molar-refractivity contribution in [3.05, 3.63) is 69.8 Å². The van der Waals surface area contributed by atoms with E-state index in [2.05, 4.69) is 30.0 Å². The van der Waals surface area contributed by atoms with Crippen LogP contribution in [0.1, 0.15) is 76.6 Å². The largest absolute Gasteiger partial charge is 0.387 e. The number of likely N-dealkylation sites (tertiary alicyclic amines) is 1. The predicted octanol–water partition coefficient (Wildman–Crippen LogP) is 1.80. The summed E-state index contributed by atoms with van der Waals surface area (Å²) in [7, 11) is 6.81. The highest BCUT2D eigenvalue weighted by molar-refractivity contribution is 5.98. The lowest BCUT2D eigenvalue weighted by molar-refractivity contribution is -0.131. The van der Waals surface area contributed by atoms with Crippen molar-refractivity contribution in [2.75, 3.05) is 41.3 Å². The van der Waals surface area contributed by atoms with Gasteiger partial charge in [-0.3, -0.25) is 31.5 Å². The van der Waals surface area contributed by atoms with Gasteiger partial charge >= 0.3 is 0 Å². The number of nitrogens with one attached hydrogen (secondary N) is 2. The van der Waals surface area contributed by atoms with Crippen molar-refractivity contribution in [1.82, 2.24) is 20.0 Å². The molecule has 4 atom stereocenters. The van der Waals surface area contributed by atoms with Gasteiger partial charge in [0.15, 0.2) is 0 Å². The second-order valence-corrected chi connectivity index (χ2v) is 12.3. The van der Waals surface area contributed by atoms with Crippen molar-refractivity contribution in [3.63, 3.8) is 0 Å². The average molecular weight is 632 g/mol. The van der Waals surface area contributed by atoms with Gasteiger partial charge in [-0.15, -0.1) is 0 Å². The van der Waals surface area contributed by atoms with Crippen molar-refractivity contribution in [1.29, 1.82) is 10.7 Å². The molecule has 2 aliphatic carbocycles. The Bertz CT molecular complexity index is 1440. The molecule has 0 bridgehead atoms. The van der Waals surface area contributed by atoms with Gasteiger partial charge in [0.2, 0.25) is 5.91 Å². The summed E-state index contributed by atoms with van der Waals surface area (Å²) in [5, 5.41) is 21.7. The zero-order valence-electron chi connectivity index (χ0n) is 28.1. The Morgan fingerprint density at radius 3 is 1.93 bits per heavy atom. The van der Waals surface area contributed by atoms with E-state index in [1.807, 2.05) is 38.1 Å². The lowest BCUT2D eigenvalue weighted by Gasteiger charge is -2.41. The summed E-state index contributed by atoms with van der Waals surface area (Å²) in [4.78, 5) is 43.6. The number of benzene rings is 2. The molecule has 8 N–H and O–H groups in total. The fourth-order valence-corrected chi connectivity index (χ4v) is 7.07. The molecule has 1 saturated carbocycles. The zero-order chi connectivity index (χ0) is 34.5. The summed E-state index contributed by atoms with van der Waals surface area (Å²) < 4.78 is 0. The van der Waals surface area contributed by atoms with E-state index in [-0.39, 0.29) is 42.2 Å². The SMILES string of the molecule is CC.C[C@H]1C2CC(C#N)N(C(=O)CNCCC3(C(=N)N)c4ccc(C(=O)N(C)C)cc4Cc4cc(C(=O)N(C)C)ccc43)C21.NN. The smallest absolute Gasteiger partial charge is 0.253 e. The minimum absolute atomic E-state index is 0.0464. The molecule has 3 amide bonds. The molecule has 3 aliphatic rings. The van der Waals surface area contributed by atoms with Crippen molar-refractivity contribution in [3.8, 4) is 6.07 Å². The van der Waals surface area contributed by atoms with Crippen LogP contribution in [-0.4, -0.2) is 91.6 Å². The van der Waals surface area contributed by atoms with Gasteiger partial charge in [0.25, 0.3) is 11.8 Å². The number of nitriles is 1. The molecule has 0 radical (unpaired) electrons. The van der Waals surface area contributed by atoms with Gasteiger partial charge in [-0.2, -0.15) is 5.26 Å². The topological polar surface area (TPSA) is 199 Å². The molecule has 1 aliphatic heterocycles. The van der Waals surface area contributed by atoms with Crippen LogP contribution < -0.4 is 22.7 Å². The number of piperidine rings is 1. The lowest BCUT2D eigenvalue weighted by atomic mass is 9.63. The standard InChI is InChI=1S/C32H39N7O3.C2H6.H4N2/c1-18-24-15-23(16-33)39(28(18)24)27(40)17-36-11-10-32(31(34)35)25-8-6-19(29(41)37(2)3)12-21(25)14-22-13-20(7-9-26(22)32)30(42)38(4)5;2*1-2/h6-9,12-13,18,23-24,28,36H,10-11,14-15,17H2,1-5H3,(H3,34,35);1-2H3;1-2H2/t18-,23?,24?,28?;;/m0../s1. The number of nitrogens with zero attached hydrogens (tertiary/aromatic N) is 4. The Kier molecular flexibility index (Phi) is 11.7. The van der Waals surface area contributed by atoms with Gasteiger partial charge in [-0.25, -0.2) is 0 Å². The summed E-state index contributed by atoms with van der Waals surface area (Å²) >= 11 is 0. The maximum atomic E-state index is 13.1. The first kappa shape index (κ1) is 36.2. The van der Waals surface area contributed by atoms with Crippen LogP contribution in [0.5, 0.6) is 0 Å². The first-order valence-corrected chi connectivity index (χ1v) is 15.7. The van der Waals surface area contributed by atoms with Crippen LogP contribution in [0.3, 0.4) is 0 Å². The lowest BCUT2D eigenvalue weighted by Crippen LogP contribution is -2.48. The predicted molar refractivity (Wildman–Crippen MR) is 179 cm³/mol. The second-order valence-electron chi connectivity index (χ2n) is 12.3. The number of carbonyl (C=O) groups is 3. The minimum Gasteiger partial charge on any atom is -0.387 e. The second kappa shape index (κ2) is 14.9. The number of hydrazine groups is 1. The van der Waals surface area contributed by atoms with Gasteiger partial charge in [0.05, 0.1) is 18.0 Å². The first-order chi connectivity index (χ1) is 21.9. The van der Waals surface area contributed by atoms with E-state index in [9.17, 15) is 19.6 Å². The molecule has 2 fully saturated rings. The molecule has 5 rings (SSSR count). The molecular weight excluding hydrogens is 582 g/mol. The van der Waals surface area contributed by atoms with E-state index in [0.29, 0.717) is 42.3 Å². The summed E-state index contributed by atoms with van der Waals surface area (Å²) in [5.74, 6) is 8.47. The summed E-state index contributed by atoms with van der Waals surface area (Å²) in [6.07, 6.45) is 1.62. The van der Waals surface area contributed by atoms with Crippen LogP contribution in [0.25, 0.3) is 0 Å². The number of carbonyl (C=O) groups excluding carboxylic acids is 3. The summed E-state index contributed by atoms with van der Waals surface area (Å²) in [5.41, 5.74) is 9.93. The van der Waals surface area contributed by atoms with Crippen LogP contribution in [0, 0.1) is 28.6 Å². The maximum Gasteiger partial charge on any atom is 0.253 e. The number of fused-ring (bicyclic) bond motifs is 3. The van der Waals surface area contributed by atoms with E-state index in [0.717, 1.165) is 28.7 Å². The Morgan fingerprint density at radius 1 is 1.00 bits per heavy atom. The molecule has 12 heteroatoms. The van der Waals surface area contributed by atoms with Gasteiger partial charge in [0.1, 0.15) is 11.9 Å². The van der Waals surface area contributed by atoms with Gasteiger partial charge in [-0.05, 0) is 84.2 Å². The van der Waals surface area contributed by atoms with Crippen LogP contribution >= 0.6 is 0 Å². The normalized spacial score (nSPS) is 21.0. The summed E-state index contributed by atoms with van der Waals surface area (Å²) in [6.45, 7) is 6.60. The number of hydrogen-bond acceptors (Lipinski definition) is 8. The third-order valence-corrected chi connectivity index (χ3v) is 9.33. The molecule has 2 aromatic rings. The third kappa shape index (κ3) is 6.49. The Hall–Kier alpha value is -4.31. The number of nitrogens with two attached hydrogens (primary N) is 3. The van der Waals surface area contributed by atoms with Crippen molar-refractivity contribution in [2.24, 2.45) is 29.3 Å². The molecule has 0 aromatic heterocycles. The number of amides is 3. The van der Waals surface area contributed by atoms with E-state index < -0.39 is 5.41 Å². The van der Waals surface area contributed by atoms with Crippen LogP contribution in [-0.2, 0) is 16.6 Å². The third-order valence-electron chi connectivity index (χ3n) is 9.33. The van der Waals surface area contributed by atoms with E-state index in [1.54, 1.807) is 45.2 Å². The van der Waals surface area contributed by atoms with Crippen molar-refractivity contribution < 1.29 is 14.4 Å². The van der Waals surface area contributed by atoms with E-state index in [1.165, 1.54) is 9.80 Å². The van der Waals surface area contributed by atoms with Crippen LogP contribution in [0.4, 0.5) is 0 Å². The molecule has 1 heterocycles. The highest BCUT2D eigenvalue weighted by atomic mass is 16.2. The molecule has 0 spiro atoms. The fourth-order valence-electron chi connectivity index (χ4n) is 7.07. The highest BCUT2D eigenvalue weighted by Gasteiger charge is 2.60. The Balaban J connectivity index is 0.00000139. The number of hydrogen-bond donors (Lipinski definition) is 5. The maximum absolute atomic E-state index is 13.1.